The molecule has 0 N–H and O–H groups in total. The zero-order valence-electron chi connectivity index (χ0n) is 10.9. The molecule has 0 saturated heterocycles. The Hall–Kier alpha value is -1.62. The van der Waals surface area contributed by atoms with Crippen molar-refractivity contribution in [2.45, 2.75) is 18.9 Å². The van der Waals surface area contributed by atoms with Crippen molar-refractivity contribution in [2.24, 2.45) is 5.92 Å². The number of aromatic nitrogens is 1. The van der Waals surface area contributed by atoms with Gasteiger partial charge in [0.15, 0.2) is 0 Å². The molecule has 0 bridgehead atoms. The third-order valence-electron chi connectivity index (χ3n) is 3.18. The Morgan fingerprint density at radius 2 is 2.22 bits per heavy atom. The molecule has 1 aromatic heterocycles. The summed E-state index contributed by atoms with van der Waals surface area (Å²) in [6, 6.07) is 3.59. The van der Waals surface area contributed by atoms with Gasteiger partial charge in [0.2, 0.25) is 5.88 Å². The quantitative estimate of drug-likeness (QED) is 0.794. The minimum Gasteiger partial charge on any atom is -0.480 e. The van der Waals surface area contributed by atoms with Crippen LogP contribution in [0.5, 0.6) is 5.88 Å². The number of pyridine rings is 1. The van der Waals surface area contributed by atoms with Gasteiger partial charge in [-0.1, -0.05) is 0 Å². The molecule has 1 aliphatic rings. The van der Waals surface area contributed by atoms with Gasteiger partial charge in [-0.05, 0) is 30.9 Å². The number of anilines is 1. The third kappa shape index (κ3) is 2.46. The van der Waals surface area contributed by atoms with Gasteiger partial charge in [0.1, 0.15) is 11.8 Å². The van der Waals surface area contributed by atoms with Crippen LogP contribution >= 0.6 is 0 Å². The van der Waals surface area contributed by atoms with Crippen LogP contribution in [0.3, 0.4) is 0 Å². The monoisotopic (exact) mass is 250 g/mol. The molecule has 18 heavy (non-hydrogen) atoms. The molecule has 0 aliphatic heterocycles. The second kappa shape index (κ2) is 5.35. The molecule has 1 fully saturated rings. The normalized spacial score (nSPS) is 16.2. The van der Waals surface area contributed by atoms with E-state index in [0.717, 1.165) is 12.8 Å². The maximum atomic E-state index is 12.3. The Morgan fingerprint density at radius 1 is 1.50 bits per heavy atom. The van der Waals surface area contributed by atoms with Crippen molar-refractivity contribution < 1.29 is 14.3 Å². The molecule has 1 unspecified atom stereocenters. The number of hydrogen-bond donors (Lipinski definition) is 0. The molecule has 5 heteroatoms. The number of carbonyl (C=O) groups excluding carboxylic acids is 1. The highest BCUT2D eigenvalue weighted by atomic mass is 16.5. The van der Waals surface area contributed by atoms with E-state index >= 15 is 0 Å². The fourth-order valence-electron chi connectivity index (χ4n) is 2.00. The van der Waals surface area contributed by atoms with Gasteiger partial charge >= 0.3 is 0 Å². The lowest BCUT2D eigenvalue weighted by molar-refractivity contribution is -0.129. The molecule has 2 rings (SSSR count). The van der Waals surface area contributed by atoms with Crippen molar-refractivity contribution in [3.8, 4) is 5.88 Å². The number of methoxy groups -OCH3 is 2. The molecule has 0 spiro atoms. The summed E-state index contributed by atoms with van der Waals surface area (Å²) >= 11 is 0. The zero-order valence-corrected chi connectivity index (χ0v) is 10.9. The predicted molar refractivity (Wildman–Crippen MR) is 67.7 cm³/mol. The van der Waals surface area contributed by atoms with Crippen LogP contribution in [0.2, 0.25) is 0 Å². The van der Waals surface area contributed by atoms with Crippen LogP contribution in [0.1, 0.15) is 12.8 Å². The van der Waals surface area contributed by atoms with Crippen molar-refractivity contribution in [2.75, 3.05) is 26.2 Å². The van der Waals surface area contributed by atoms with Crippen LogP contribution in [-0.2, 0) is 9.53 Å². The maximum Gasteiger partial charge on any atom is 0.256 e. The molecular weight excluding hydrogens is 232 g/mol. The number of rotatable bonds is 5. The van der Waals surface area contributed by atoms with Crippen LogP contribution in [0, 0.1) is 5.92 Å². The molecule has 0 aromatic carbocycles. The van der Waals surface area contributed by atoms with Gasteiger partial charge in [0.25, 0.3) is 5.91 Å². The minimum absolute atomic E-state index is 0.0497. The molecule has 1 aromatic rings. The molecule has 0 radical (unpaired) electrons. The minimum atomic E-state index is -0.361. The van der Waals surface area contributed by atoms with Gasteiger partial charge in [-0.15, -0.1) is 0 Å². The first kappa shape index (κ1) is 12.8. The molecule has 1 amide bonds. The largest absolute Gasteiger partial charge is 0.480 e. The van der Waals surface area contributed by atoms with Crippen LogP contribution in [0.15, 0.2) is 18.3 Å². The molecule has 1 saturated carbocycles. The van der Waals surface area contributed by atoms with E-state index in [9.17, 15) is 4.79 Å². The highest BCUT2D eigenvalue weighted by molar-refractivity contribution is 5.97. The van der Waals surface area contributed by atoms with Crippen molar-refractivity contribution >= 4 is 11.6 Å². The van der Waals surface area contributed by atoms with Gasteiger partial charge < -0.3 is 14.4 Å². The van der Waals surface area contributed by atoms with Gasteiger partial charge in [0.05, 0.1) is 7.11 Å². The Balaban J connectivity index is 2.19. The molecular formula is C13H18N2O3. The summed E-state index contributed by atoms with van der Waals surface area (Å²) in [7, 11) is 4.84. The van der Waals surface area contributed by atoms with Crippen LogP contribution < -0.4 is 9.64 Å². The van der Waals surface area contributed by atoms with E-state index in [4.69, 9.17) is 9.47 Å². The first-order chi connectivity index (χ1) is 8.69. The van der Waals surface area contributed by atoms with E-state index in [1.54, 1.807) is 38.4 Å². The van der Waals surface area contributed by atoms with E-state index in [0.29, 0.717) is 17.5 Å². The van der Waals surface area contributed by atoms with Crippen molar-refractivity contribution in [1.29, 1.82) is 0 Å². The molecule has 1 heterocycles. The van der Waals surface area contributed by atoms with E-state index < -0.39 is 0 Å². The fourth-order valence-corrected chi connectivity index (χ4v) is 2.00. The average molecular weight is 250 g/mol. The van der Waals surface area contributed by atoms with Gasteiger partial charge in [-0.3, -0.25) is 4.79 Å². The van der Waals surface area contributed by atoms with Crippen LogP contribution in [0.4, 0.5) is 5.69 Å². The third-order valence-corrected chi connectivity index (χ3v) is 3.18. The van der Waals surface area contributed by atoms with Gasteiger partial charge in [0, 0.05) is 20.4 Å². The summed E-state index contributed by atoms with van der Waals surface area (Å²) in [6.45, 7) is 0. The van der Waals surface area contributed by atoms with Crippen LogP contribution in [-0.4, -0.2) is 38.3 Å². The summed E-state index contributed by atoms with van der Waals surface area (Å²) in [6.07, 6.45) is 3.39. The first-order valence-corrected chi connectivity index (χ1v) is 5.98. The number of likely N-dealkylation sites (N-methyl/N-ethyl adjacent to an activating group) is 1. The molecule has 1 aliphatic carbocycles. The number of carbonyl (C=O) groups is 1. The predicted octanol–water partition coefficient (Wildman–Crippen LogP) is 1.48. The van der Waals surface area contributed by atoms with E-state index in [2.05, 4.69) is 4.98 Å². The number of hydrogen-bond acceptors (Lipinski definition) is 4. The summed E-state index contributed by atoms with van der Waals surface area (Å²) in [5.41, 5.74) is 0.660. The summed E-state index contributed by atoms with van der Waals surface area (Å²) in [5, 5.41) is 0. The number of nitrogens with zero attached hydrogens (tertiary/aromatic N) is 2. The fraction of sp³-hybridized carbons (Fsp3) is 0.538. The lowest BCUT2D eigenvalue weighted by Crippen LogP contribution is -2.39. The van der Waals surface area contributed by atoms with Crippen LogP contribution in [0.25, 0.3) is 0 Å². The topological polar surface area (TPSA) is 51.7 Å². The summed E-state index contributed by atoms with van der Waals surface area (Å²) < 4.78 is 10.5. The molecule has 98 valence electrons. The molecule has 5 nitrogen and oxygen atoms in total. The van der Waals surface area contributed by atoms with E-state index in [1.807, 2.05) is 6.07 Å². The molecule has 1 atom stereocenters. The average Bonchev–Trinajstić information content (AvgIpc) is 3.23. The first-order valence-electron chi connectivity index (χ1n) is 5.98. The number of amides is 1. The van der Waals surface area contributed by atoms with Crippen molar-refractivity contribution in [3.05, 3.63) is 18.3 Å². The van der Waals surface area contributed by atoms with E-state index in [1.165, 1.54) is 0 Å². The second-order valence-corrected chi connectivity index (χ2v) is 4.42. The Morgan fingerprint density at radius 3 is 2.78 bits per heavy atom. The SMILES string of the molecule is COc1ncccc1N(C)C(=O)C(OC)C1CC1. The van der Waals surface area contributed by atoms with Gasteiger partial charge in [-0.25, -0.2) is 4.98 Å². The Kier molecular flexibility index (Phi) is 3.81. The lowest BCUT2D eigenvalue weighted by Gasteiger charge is -2.23. The summed E-state index contributed by atoms with van der Waals surface area (Å²) in [5.74, 6) is 0.748. The maximum absolute atomic E-state index is 12.3. The van der Waals surface area contributed by atoms with Crippen molar-refractivity contribution in [3.63, 3.8) is 0 Å². The highest BCUT2D eigenvalue weighted by Gasteiger charge is 2.38. The second-order valence-electron chi connectivity index (χ2n) is 4.42. The Labute approximate surface area is 107 Å². The Bertz CT molecular complexity index is 432. The lowest BCUT2D eigenvalue weighted by atomic mass is 10.2. The van der Waals surface area contributed by atoms with Gasteiger partial charge in [-0.2, -0.15) is 0 Å². The number of ether oxygens (including phenoxy) is 2. The highest BCUT2D eigenvalue weighted by Crippen LogP contribution is 2.36. The smallest absolute Gasteiger partial charge is 0.256 e. The standard InChI is InChI=1S/C13H18N2O3/c1-15(10-5-4-8-14-12(10)18-3)13(16)11(17-2)9-6-7-9/h4-5,8-9,11H,6-7H2,1-3H3. The van der Waals surface area contributed by atoms with Crippen molar-refractivity contribution in [1.82, 2.24) is 4.98 Å². The van der Waals surface area contributed by atoms with E-state index in [-0.39, 0.29) is 12.0 Å². The zero-order chi connectivity index (χ0) is 13.1. The summed E-state index contributed by atoms with van der Waals surface area (Å²) in [4.78, 5) is 18.0.